The molecule has 4 aromatic rings. The highest BCUT2D eigenvalue weighted by Crippen LogP contribution is 2.37. The summed E-state index contributed by atoms with van der Waals surface area (Å²) in [6.45, 7) is 2.35. The molecule has 4 rings (SSSR count). The van der Waals surface area contributed by atoms with E-state index in [9.17, 15) is 4.79 Å². The van der Waals surface area contributed by atoms with Gasteiger partial charge in [0.05, 0.1) is 34.1 Å². The summed E-state index contributed by atoms with van der Waals surface area (Å²) in [4.78, 5) is 30.1. The Labute approximate surface area is 183 Å². The number of pyridine rings is 1. The molecule has 0 fully saturated rings. The molecule has 1 aromatic carbocycles. The van der Waals surface area contributed by atoms with Gasteiger partial charge in [-0.25, -0.2) is 24.7 Å². The van der Waals surface area contributed by atoms with Crippen molar-refractivity contribution >= 4 is 17.3 Å². The van der Waals surface area contributed by atoms with Crippen molar-refractivity contribution in [2.24, 2.45) is 0 Å². The summed E-state index contributed by atoms with van der Waals surface area (Å²) in [5, 5.41) is 0. The number of para-hydroxylation sites is 1. The zero-order valence-electron chi connectivity index (χ0n) is 18.0. The van der Waals surface area contributed by atoms with Gasteiger partial charge in [0.15, 0.2) is 22.8 Å². The summed E-state index contributed by atoms with van der Waals surface area (Å²) in [6, 6.07) is 10.7. The van der Waals surface area contributed by atoms with Crippen LogP contribution in [0.4, 0.5) is 0 Å². The van der Waals surface area contributed by atoms with Gasteiger partial charge in [-0.1, -0.05) is 12.1 Å². The number of carbonyl (C=O) groups excluding carboxylic acids is 1. The minimum Gasteiger partial charge on any atom is -0.494 e. The second-order valence-corrected chi connectivity index (χ2v) is 6.47. The number of imidazole rings is 1. The van der Waals surface area contributed by atoms with E-state index in [1.807, 2.05) is 13.0 Å². The van der Waals surface area contributed by atoms with Crippen molar-refractivity contribution in [1.82, 2.24) is 24.5 Å². The Morgan fingerprint density at radius 3 is 2.34 bits per heavy atom. The van der Waals surface area contributed by atoms with Crippen LogP contribution in [0.15, 0.2) is 42.6 Å². The third-order valence-electron chi connectivity index (χ3n) is 4.64. The summed E-state index contributed by atoms with van der Waals surface area (Å²) < 4.78 is 23.3. The van der Waals surface area contributed by atoms with E-state index in [1.54, 1.807) is 49.1 Å². The molecule has 0 amide bonds. The largest absolute Gasteiger partial charge is 0.494 e. The molecule has 3 aromatic heterocycles. The minimum atomic E-state index is -0.614. The van der Waals surface area contributed by atoms with Gasteiger partial charge >= 0.3 is 5.97 Å². The average molecular weight is 435 g/mol. The fourth-order valence-electron chi connectivity index (χ4n) is 3.26. The molecular weight excluding hydrogens is 414 g/mol. The first-order valence-corrected chi connectivity index (χ1v) is 9.76. The zero-order chi connectivity index (χ0) is 22.7. The normalized spacial score (nSPS) is 10.8. The van der Waals surface area contributed by atoms with Crippen LogP contribution in [-0.2, 0) is 4.74 Å². The molecule has 10 heteroatoms. The summed E-state index contributed by atoms with van der Waals surface area (Å²) in [6.07, 6.45) is 1.32. The molecule has 0 N–H and O–H groups in total. The number of carbonyl (C=O) groups is 1. The van der Waals surface area contributed by atoms with E-state index < -0.39 is 5.97 Å². The number of hydrogen-bond donors (Lipinski definition) is 0. The van der Waals surface area contributed by atoms with Crippen LogP contribution in [0.2, 0.25) is 0 Å². The second kappa shape index (κ2) is 8.88. The molecule has 32 heavy (non-hydrogen) atoms. The Bertz CT molecular complexity index is 1260. The molecule has 0 unspecified atom stereocenters. The number of esters is 1. The van der Waals surface area contributed by atoms with Crippen LogP contribution in [-0.4, -0.2) is 58.4 Å². The van der Waals surface area contributed by atoms with Gasteiger partial charge in [0.2, 0.25) is 5.88 Å². The minimum absolute atomic E-state index is 0.0394. The Morgan fingerprint density at radius 2 is 1.69 bits per heavy atom. The van der Waals surface area contributed by atoms with E-state index in [0.29, 0.717) is 52.5 Å². The number of nitrogens with zero attached hydrogens (tertiary/aromatic N) is 5. The Morgan fingerprint density at radius 1 is 0.969 bits per heavy atom. The molecule has 0 atom stereocenters. The molecule has 0 spiro atoms. The first-order chi connectivity index (χ1) is 15.6. The predicted octanol–water partition coefficient (Wildman–Crippen LogP) is 3.08. The topological polar surface area (TPSA) is 110 Å². The molecule has 164 valence electrons. The molecule has 0 aliphatic heterocycles. The van der Waals surface area contributed by atoms with E-state index in [1.165, 1.54) is 13.3 Å². The van der Waals surface area contributed by atoms with Crippen LogP contribution in [0.5, 0.6) is 17.4 Å². The fourth-order valence-corrected chi connectivity index (χ4v) is 3.26. The van der Waals surface area contributed by atoms with E-state index in [2.05, 4.69) is 19.9 Å². The lowest BCUT2D eigenvalue weighted by atomic mass is 10.2. The number of ether oxygens (including phenoxy) is 4. The van der Waals surface area contributed by atoms with Crippen LogP contribution in [0.3, 0.4) is 0 Å². The van der Waals surface area contributed by atoms with E-state index in [0.717, 1.165) is 0 Å². The molecule has 0 aliphatic rings. The highest BCUT2D eigenvalue weighted by atomic mass is 16.5. The lowest BCUT2D eigenvalue weighted by molar-refractivity contribution is 0.0594. The average Bonchev–Trinajstić information content (AvgIpc) is 3.21. The van der Waals surface area contributed by atoms with Crippen LogP contribution in [0.25, 0.3) is 28.5 Å². The van der Waals surface area contributed by atoms with Crippen molar-refractivity contribution in [3.05, 3.63) is 48.3 Å². The number of benzene rings is 1. The maximum atomic E-state index is 12.1. The van der Waals surface area contributed by atoms with Crippen LogP contribution in [0, 0.1) is 0 Å². The maximum Gasteiger partial charge on any atom is 0.358 e. The van der Waals surface area contributed by atoms with Crippen molar-refractivity contribution in [3.63, 3.8) is 0 Å². The Balaban J connectivity index is 2.08. The summed E-state index contributed by atoms with van der Waals surface area (Å²) in [5.74, 6) is 1.28. The van der Waals surface area contributed by atoms with Crippen LogP contribution >= 0.6 is 0 Å². The van der Waals surface area contributed by atoms with Gasteiger partial charge < -0.3 is 18.9 Å². The molecular formula is C22H21N5O5. The lowest BCUT2D eigenvalue weighted by Gasteiger charge is -2.16. The van der Waals surface area contributed by atoms with Crippen molar-refractivity contribution < 1.29 is 23.7 Å². The van der Waals surface area contributed by atoms with Gasteiger partial charge in [0, 0.05) is 6.07 Å². The molecule has 0 radical (unpaired) electrons. The Kier molecular flexibility index (Phi) is 5.84. The lowest BCUT2D eigenvalue weighted by Crippen LogP contribution is -2.08. The van der Waals surface area contributed by atoms with Crippen LogP contribution in [0.1, 0.15) is 17.4 Å². The Hall–Kier alpha value is -4.21. The van der Waals surface area contributed by atoms with Crippen LogP contribution < -0.4 is 14.2 Å². The van der Waals surface area contributed by atoms with E-state index >= 15 is 0 Å². The van der Waals surface area contributed by atoms with Gasteiger partial charge in [0.25, 0.3) is 0 Å². The van der Waals surface area contributed by atoms with Crippen molar-refractivity contribution in [1.29, 1.82) is 0 Å². The number of hydrogen-bond acceptors (Lipinski definition) is 9. The summed E-state index contributed by atoms with van der Waals surface area (Å²) in [7, 11) is 4.39. The standard InChI is InChI=1S/C22H21N5O5/c1-5-32-17-11-6-8-13(24-17)20-26-19-21(25-14(12-23-19)22(28)31-4)27(20)18-15(29-2)9-7-10-16(18)30-3/h6-12H,5H2,1-4H3. The highest BCUT2D eigenvalue weighted by Gasteiger charge is 2.24. The number of methoxy groups -OCH3 is 3. The third kappa shape index (κ3) is 3.66. The molecule has 0 saturated heterocycles. The molecule has 3 heterocycles. The van der Waals surface area contributed by atoms with Gasteiger partial charge in [-0.05, 0) is 25.1 Å². The zero-order valence-corrected chi connectivity index (χ0v) is 18.0. The summed E-state index contributed by atoms with van der Waals surface area (Å²) >= 11 is 0. The summed E-state index contributed by atoms with van der Waals surface area (Å²) in [5.41, 5.74) is 1.72. The third-order valence-corrected chi connectivity index (χ3v) is 4.64. The number of fused-ring (bicyclic) bond motifs is 1. The van der Waals surface area contributed by atoms with Gasteiger partial charge in [-0.3, -0.25) is 4.57 Å². The van der Waals surface area contributed by atoms with Gasteiger partial charge in [-0.15, -0.1) is 0 Å². The van der Waals surface area contributed by atoms with Gasteiger partial charge in [0.1, 0.15) is 22.9 Å². The molecule has 0 saturated carbocycles. The van der Waals surface area contributed by atoms with E-state index in [4.69, 9.17) is 18.9 Å². The van der Waals surface area contributed by atoms with Crippen molar-refractivity contribution in [3.8, 4) is 34.6 Å². The molecule has 0 aliphatic carbocycles. The molecule has 0 bridgehead atoms. The number of aromatic nitrogens is 5. The van der Waals surface area contributed by atoms with E-state index in [-0.39, 0.29) is 5.69 Å². The van der Waals surface area contributed by atoms with Gasteiger partial charge in [-0.2, -0.15) is 0 Å². The first-order valence-electron chi connectivity index (χ1n) is 9.76. The van der Waals surface area contributed by atoms with Crippen molar-refractivity contribution in [2.45, 2.75) is 6.92 Å². The molecule has 10 nitrogen and oxygen atoms in total. The van der Waals surface area contributed by atoms with Crippen molar-refractivity contribution in [2.75, 3.05) is 27.9 Å². The highest BCUT2D eigenvalue weighted by molar-refractivity contribution is 5.89. The maximum absolute atomic E-state index is 12.1. The SMILES string of the molecule is CCOc1cccc(-c2nc3ncc(C(=O)OC)nc3n2-c2c(OC)cccc2OC)n1. The quantitative estimate of drug-likeness (QED) is 0.404. The number of rotatable bonds is 7. The monoisotopic (exact) mass is 435 g/mol. The second-order valence-electron chi connectivity index (χ2n) is 6.47. The fraction of sp³-hybridized carbons (Fsp3) is 0.227. The first kappa shape index (κ1) is 21.0. The predicted molar refractivity (Wildman–Crippen MR) is 116 cm³/mol. The smallest absolute Gasteiger partial charge is 0.358 e.